The normalized spacial score (nSPS) is 30.1. The number of halogens is 2. The minimum atomic E-state index is 0. The van der Waals surface area contributed by atoms with E-state index in [4.69, 9.17) is 0 Å². The Kier molecular flexibility index (Phi) is 5.26. The summed E-state index contributed by atoms with van der Waals surface area (Å²) in [6, 6.07) is 11.6. The number of rotatable bonds is 3. The van der Waals surface area contributed by atoms with Crippen LogP contribution in [0.4, 0.5) is 0 Å². The molecule has 17 heavy (non-hydrogen) atoms. The Balaban J connectivity index is 0.000000722. The van der Waals surface area contributed by atoms with Crippen molar-refractivity contribution in [2.75, 3.05) is 20.1 Å². The molecule has 1 aromatic rings. The minimum absolute atomic E-state index is 0. The van der Waals surface area contributed by atoms with Gasteiger partial charge in [-0.25, -0.2) is 0 Å². The molecule has 0 aromatic heterocycles. The molecule has 1 aromatic carbocycles. The molecule has 2 nitrogen and oxygen atoms in total. The molecule has 1 saturated heterocycles. The highest BCUT2D eigenvalue weighted by Crippen LogP contribution is 2.45. The summed E-state index contributed by atoms with van der Waals surface area (Å²) in [6.07, 6.45) is 0. The Morgan fingerprint density at radius 1 is 1.12 bits per heavy atom. The quantitative estimate of drug-likeness (QED) is 0.909. The van der Waals surface area contributed by atoms with Gasteiger partial charge >= 0.3 is 0 Å². The third-order valence-electron chi connectivity index (χ3n) is 3.85. The second-order valence-corrected chi connectivity index (χ2v) is 4.82. The Morgan fingerprint density at radius 2 is 1.71 bits per heavy atom. The Labute approximate surface area is 116 Å². The zero-order chi connectivity index (χ0) is 10.3. The lowest BCUT2D eigenvalue weighted by Crippen LogP contribution is -2.29. The van der Waals surface area contributed by atoms with Crippen LogP contribution in [-0.2, 0) is 6.54 Å². The van der Waals surface area contributed by atoms with E-state index in [1.54, 1.807) is 0 Å². The molecular weight excluding hydrogens is 255 g/mol. The Bertz CT molecular complexity index is 333. The van der Waals surface area contributed by atoms with Gasteiger partial charge in [-0.15, -0.1) is 24.8 Å². The summed E-state index contributed by atoms with van der Waals surface area (Å²) >= 11 is 0. The fraction of sp³-hybridized carbons (Fsp3) is 0.538. The molecular formula is C13H20Cl2N2. The Morgan fingerprint density at radius 3 is 2.24 bits per heavy atom. The van der Waals surface area contributed by atoms with Crippen LogP contribution in [0.25, 0.3) is 0 Å². The number of nitrogens with zero attached hydrogens (tertiary/aromatic N) is 1. The van der Waals surface area contributed by atoms with E-state index in [9.17, 15) is 0 Å². The van der Waals surface area contributed by atoms with Crippen LogP contribution in [0.15, 0.2) is 30.3 Å². The molecule has 4 heteroatoms. The van der Waals surface area contributed by atoms with Crippen molar-refractivity contribution in [2.45, 2.75) is 12.6 Å². The molecule has 1 aliphatic heterocycles. The van der Waals surface area contributed by atoms with Gasteiger partial charge in [0.15, 0.2) is 0 Å². The van der Waals surface area contributed by atoms with Crippen LogP contribution in [-0.4, -0.2) is 31.1 Å². The monoisotopic (exact) mass is 274 g/mol. The van der Waals surface area contributed by atoms with Gasteiger partial charge in [0.2, 0.25) is 0 Å². The minimum Gasteiger partial charge on any atom is -0.316 e. The van der Waals surface area contributed by atoms with Crippen LogP contribution in [0.5, 0.6) is 0 Å². The molecule has 0 spiro atoms. The van der Waals surface area contributed by atoms with Gasteiger partial charge in [0.1, 0.15) is 0 Å². The highest BCUT2D eigenvalue weighted by atomic mass is 35.5. The standard InChI is InChI=1S/C13H18N2.2ClH/c1-14-13-11-8-15(9-12(11)13)7-10-5-3-2-4-6-10;;/h2-6,11-14H,7-9H2,1H3;2*1H. The van der Waals surface area contributed by atoms with E-state index in [-0.39, 0.29) is 24.8 Å². The molecule has 2 atom stereocenters. The predicted octanol–water partition coefficient (Wildman–Crippen LogP) is 2.18. The van der Waals surface area contributed by atoms with Gasteiger partial charge in [0.25, 0.3) is 0 Å². The van der Waals surface area contributed by atoms with Crippen LogP contribution in [0.3, 0.4) is 0 Å². The molecule has 1 saturated carbocycles. The van der Waals surface area contributed by atoms with Crippen LogP contribution in [0, 0.1) is 11.8 Å². The second-order valence-electron chi connectivity index (χ2n) is 4.82. The van der Waals surface area contributed by atoms with E-state index >= 15 is 0 Å². The highest BCUT2D eigenvalue weighted by Gasteiger charge is 2.54. The van der Waals surface area contributed by atoms with E-state index in [0.717, 1.165) is 24.4 Å². The molecule has 96 valence electrons. The third-order valence-corrected chi connectivity index (χ3v) is 3.85. The van der Waals surface area contributed by atoms with Crippen molar-refractivity contribution in [3.8, 4) is 0 Å². The van der Waals surface area contributed by atoms with E-state index in [2.05, 4.69) is 47.6 Å². The average Bonchev–Trinajstić information content (AvgIpc) is 2.75. The highest BCUT2D eigenvalue weighted by molar-refractivity contribution is 5.85. The molecule has 1 heterocycles. The van der Waals surface area contributed by atoms with Crippen molar-refractivity contribution < 1.29 is 0 Å². The number of piperidine rings is 1. The number of fused-ring (bicyclic) bond motifs is 1. The summed E-state index contributed by atoms with van der Waals surface area (Å²) in [5.74, 6) is 1.86. The summed E-state index contributed by atoms with van der Waals surface area (Å²) in [5.41, 5.74) is 1.44. The average molecular weight is 275 g/mol. The summed E-state index contributed by atoms with van der Waals surface area (Å²) in [5, 5.41) is 3.40. The first kappa shape index (κ1) is 14.8. The van der Waals surface area contributed by atoms with Crippen molar-refractivity contribution in [1.82, 2.24) is 10.2 Å². The topological polar surface area (TPSA) is 15.3 Å². The SMILES string of the molecule is CNC1C2CN(Cc3ccccc3)CC21.Cl.Cl. The summed E-state index contributed by atoms with van der Waals surface area (Å²) in [6.45, 7) is 3.69. The van der Waals surface area contributed by atoms with Gasteiger partial charge in [-0.05, 0) is 24.4 Å². The van der Waals surface area contributed by atoms with Crippen LogP contribution in [0.1, 0.15) is 5.56 Å². The van der Waals surface area contributed by atoms with Gasteiger partial charge in [-0.3, -0.25) is 4.90 Å². The van der Waals surface area contributed by atoms with E-state index < -0.39 is 0 Å². The summed E-state index contributed by atoms with van der Waals surface area (Å²) in [4.78, 5) is 2.58. The van der Waals surface area contributed by atoms with Crippen molar-refractivity contribution in [3.05, 3.63) is 35.9 Å². The largest absolute Gasteiger partial charge is 0.316 e. The number of hydrogen-bond donors (Lipinski definition) is 1. The molecule has 2 fully saturated rings. The zero-order valence-electron chi connectivity index (χ0n) is 10.0. The maximum atomic E-state index is 3.40. The van der Waals surface area contributed by atoms with Gasteiger partial charge in [0.05, 0.1) is 0 Å². The third kappa shape index (κ3) is 2.94. The molecule has 3 rings (SSSR count). The number of nitrogens with one attached hydrogen (secondary N) is 1. The molecule has 0 bridgehead atoms. The van der Waals surface area contributed by atoms with Crippen LogP contribution < -0.4 is 5.32 Å². The van der Waals surface area contributed by atoms with Crippen molar-refractivity contribution >= 4 is 24.8 Å². The van der Waals surface area contributed by atoms with Gasteiger partial charge in [-0.2, -0.15) is 0 Å². The van der Waals surface area contributed by atoms with Crippen molar-refractivity contribution in [3.63, 3.8) is 0 Å². The van der Waals surface area contributed by atoms with Gasteiger partial charge in [-0.1, -0.05) is 30.3 Å². The first-order valence-corrected chi connectivity index (χ1v) is 5.82. The lowest BCUT2D eigenvalue weighted by atomic mass is 10.2. The second kappa shape index (κ2) is 6.05. The zero-order valence-corrected chi connectivity index (χ0v) is 11.6. The molecule has 1 aliphatic carbocycles. The lowest BCUT2D eigenvalue weighted by molar-refractivity contribution is 0.284. The summed E-state index contributed by atoms with van der Waals surface area (Å²) in [7, 11) is 2.09. The first-order chi connectivity index (χ1) is 7.38. The maximum absolute atomic E-state index is 3.40. The van der Waals surface area contributed by atoms with Crippen LogP contribution >= 0.6 is 24.8 Å². The number of likely N-dealkylation sites (tertiary alicyclic amines) is 1. The number of hydrogen-bond acceptors (Lipinski definition) is 2. The fourth-order valence-corrected chi connectivity index (χ4v) is 3.01. The fourth-order valence-electron chi connectivity index (χ4n) is 3.01. The summed E-state index contributed by atoms with van der Waals surface area (Å²) < 4.78 is 0. The molecule has 2 unspecified atom stereocenters. The van der Waals surface area contributed by atoms with Crippen molar-refractivity contribution in [1.29, 1.82) is 0 Å². The number of benzene rings is 1. The van der Waals surface area contributed by atoms with Crippen molar-refractivity contribution in [2.24, 2.45) is 11.8 Å². The van der Waals surface area contributed by atoms with Crippen LogP contribution in [0.2, 0.25) is 0 Å². The van der Waals surface area contributed by atoms with E-state index in [1.807, 2.05) is 0 Å². The van der Waals surface area contributed by atoms with Gasteiger partial charge < -0.3 is 5.32 Å². The molecule has 1 N–H and O–H groups in total. The Hall–Kier alpha value is -0.280. The lowest BCUT2D eigenvalue weighted by Gasteiger charge is -2.19. The molecule has 2 aliphatic rings. The van der Waals surface area contributed by atoms with E-state index in [0.29, 0.717) is 0 Å². The smallest absolute Gasteiger partial charge is 0.0233 e. The molecule has 0 radical (unpaired) electrons. The first-order valence-electron chi connectivity index (χ1n) is 5.82. The maximum Gasteiger partial charge on any atom is 0.0233 e. The molecule has 0 amide bonds. The van der Waals surface area contributed by atoms with E-state index in [1.165, 1.54) is 18.7 Å². The van der Waals surface area contributed by atoms with Gasteiger partial charge in [0, 0.05) is 25.7 Å². The predicted molar refractivity (Wildman–Crippen MR) is 76.0 cm³/mol.